The number of hydrogen-bond acceptors (Lipinski definition) is 3. The van der Waals surface area contributed by atoms with Crippen LogP contribution < -0.4 is 5.32 Å². The zero-order valence-corrected chi connectivity index (χ0v) is 10.3. The van der Waals surface area contributed by atoms with E-state index in [2.05, 4.69) is 5.32 Å². The van der Waals surface area contributed by atoms with E-state index in [9.17, 15) is 14.7 Å². The van der Waals surface area contributed by atoms with Gasteiger partial charge in [0.1, 0.15) is 6.04 Å². The fraction of sp³-hybridized carbons (Fsp3) is 0.385. The lowest BCUT2D eigenvalue weighted by atomic mass is 10.0. The summed E-state index contributed by atoms with van der Waals surface area (Å²) in [5.74, 6) is -2.07. The van der Waals surface area contributed by atoms with Gasteiger partial charge in [-0.3, -0.25) is 4.79 Å². The molecule has 5 heteroatoms. The number of benzene rings is 1. The molecule has 1 amide bonds. The Kier molecular flexibility index (Phi) is 4.85. The number of aliphatic hydroxyl groups excluding tert-OH is 1. The first-order valence-electron chi connectivity index (χ1n) is 5.69. The van der Waals surface area contributed by atoms with Gasteiger partial charge < -0.3 is 15.5 Å². The van der Waals surface area contributed by atoms with Crippen molar-refractivity contribution in [2.24, 2.45) is 5.92 Å². The minimum Gasteiger partial charge on any atom is -0.480 e. The van der Waals surface area contributed by atoms with Crippen molar-refractivity contribution < 1.29 is 19.8 Å². The third kappa shape index (κ3) is 3.56. The van der Waals surface area contributed by atoms with Crippen LogP contribution in [0.1, 0.15) is 25.5 Å². The number of rotatable bonds is 5. The topological polar surface area (TPSA) is 86.6 Å². The van der Waals surface area contributed by atoms with Crippen LogP contribution in [-0.4, -0.2) is 28.1 Å². The van der Waals surface area contributed by atoms with Gasteiger partial charge in [0.05, 0.1) is 0 Å². The zero-order chi connectivity index (χ0) is 13.7. The molecule has 18 heavy (non-hydrogen) atoms. The fourth-order valence-corrected chi connectivity index (χ4v) is 1.53. The number of aliphatic carboxylic acids is 1. The van der Waals surface area contributed by atoms with Crippen molar-refractivity contribution in [3.05, 3.63) is 35.9 Å². The number of carboxylic acid groups (broad SMARTS) is 1. The van der Waals surface area contributed by atoms with Gasteiger partial charge in [0.2, 0.25) is 0 Å². The molecule has 0 radical (unpaired) electrons. The summed E-state index contributed by atoms with van der Waals surface area (Å²) < 4.78 is 0. The Morgan fingerprint density at radius 1 is 1.17 bits per heavy atom. The Morgan fingerprint density at radius 2 is 1.72 bits per heavy atom. The van der Waals surface area contributed by atoms with Crippen LogP contribution >= 0.6 is 0 Å². The van der Waals surface area contributed by atoms with Gasteiger partial charge in [-0.25, -0.2) is 4.79 Å². The molecule has 0 saturated carbocycles. The molecule has 3 N–H and O–H groups in total. The smallest absolute Gasteiger partial charge is 0.326 e. The molecule has 1 aromatic rings. The Labute approximate surface area is 105 Å². The van der Waals surface area contributed by atoms with Crippen molar-refractivity contribution in [2.45, 2.75) is 26.0 Å². The van der Waals surface area contributed by atoms with Crippen molar-refractivity contribution in [2.75, 3.05) is 0 Å². The van der Waals surface area contributed by atoms with Gasteiger partial charge in [-0.05, 0) is 11.5 Å². The second-order valence-electron chi connectivity index (χ2n) is 4.38. The molecule has 1 unspecified atom stereocenters. The maximum Gasteiger partial charge on any atom is 0.326 e. The minimum atomic E-state index is -1.35. The third-order valence-corrected chi connectivity index (χ3v) is 2.59. The van der Waals surface area contributed by atoms with Gasteiger partial charge in [-0.1, -0.05) is 44.2 Å². The largest absolute Gasteiger partial charge is 0.480 e. The molecule has 0 aromatic heterocycles. The van der Waals surface area contributed by atoms with E-state index in [4.69, 9.17) is 5.11 Å². The van der Waals surface area contributed by atoms with Gasteiger partial charge in [-0.15, -0.1) is 0 Å². The van der Waals surface area contributed by atoms with E-state index in [0.717, 1.165) is 0 Å². The Morgan fingerprint density at radius 3 is 2.17 bits per heavy atom. The lowest BCUT2D eigenvalue weighted by Crippen LogP contribution is -2.46. The summed E-state index contributed by atoms with van der Waals surface area (Å²) in [5, 5.41) is 21.1. The van der Waals surface area contributed by atoms with E-state index < -0.39 is 24.0 Å². The SMILES string of the molecule is CC(C)[C@@H](NC(=O)C(O)c1ccccc1)C(=O)O. The summed E-state index contributed by atoms with van der Waals surface area (Å²) in [6.45, 7) is 3.38. The average molecular weight is 251 g/mol. The van der Waals surface area contributed by atoms with Crippen molar-refractivity contribution >= 4 is 11.9 Å². The van der Waals surface area contributed by atoms with Crippen LogP contribution in [0.5, 0.6) is 0 Å². The van der Waals surface area contributed by atoms with E-state index in [-0.39, 0.29) is 5.92 Å². The highest BCUT2D eigenvalue weighted by Gasteiger charge is 2.26. The standard InChI is InChI=1S/C13H17NO4/c1-8(2)10(13(17)18)14-12(16)11(15)9-6-4-3-5-7-9/h3-8,10-11,15H,1-2H3,(H,14,16)(H,17,18)/t10-,11?/m1/s1. The van der Waals surface area contributed by atoms with Gasteiger partial charge in [-0.2, -0.15) is 0 Å². The lowest BCUT2D eigenvalue weighted by molar-refractivity contribution is -0.144. The van der Waals surface area contributed by atoms with Crippen LogP contribution in [0.15, 0.2) is 30.3 Å². The van der Waals surface area contributed by atoms with Crippen LogP contribution in [0.3, 0.4) is 0 Å². The highest BCUT2D eigenvalue weighted by atomic mass is 16.4. The molecule has 0 spiro atoms. The zero-order valence-electron chi connectivity index (χ0n) is 10.3. The first kappa shape index (κ1) is 14.2. The monoisotopic (exact) mass is 251 g/mol. The van der Waals surface area contributed by atoms with Crippen molar-refractivity contribution in [1.82, 2.24) is 5.32 Å². The van der Waals surface area contributed by atoms with Crippen LogP contribution in [0.2, 0.25) is 0 Å². The molecule has 1 aromatic carbocycles. The predicted molar refractivity (Wildman–Crippen MR) is 65.8 cm³/mol. The van der Waals surface area contributed by atoms with Crippen LogP contribution in [0, 0.1) is 5.92 Å². The molecule has 0 saturated heterocycles. The first-order chi connectivity index (χ1) is 8.43. The summed E-state index contributed by atoms with van der Waals surface area (Å²) in [7, 11) is 0. The minimum absolute atomic E-state index is 0.255. The maximum absolute atomic E-state index is 11.7. The number of amides is 1. The summed E-state index contributed by atoms with van der Waals surface area (Å²) in [6, 6.07) is 7.37. The van der Waals surface area contributed by atoms with E-state index in [0.29, 0.717) is 5.56 Å². The van der Waals surface area contributed by atoms with E-state index in [1.165, 1.54) is 0 Å². The first-order valence-corrected chi connectivity index (χ1v) is 5.69. The maximum atomic E-state index is 11.7. The number of carboxylic acids is 1. The Bertz CT molecular complexity index is 416. The number of carbonyl (C=O) groups is 2. The number of carbonyl (C=O) groups excluding carboxylic acids is 1. The summed E-state index contributed by atoms with van der Waals surface area (Å²) in [5.41, 5.74) is 0.433. The second kappa shape index (κ2) is 6.16. The second-order valence-corrected chi connectivity index (χ2v) is 4.38. The van der Waals surface area contributed by atoms with Gasteiger partial charge in [0.15, 0.2) is 6.10 Å². The van der Waals surface area contributed by atoms with Crippen molar-refractivity contribution in [3.8, 4) is 0 Å². The molecule has 0 fully saturated rings. The fourth-order valence-electron chi connectivity index (χ4n) is 1.53. The number of nitrogens with one attached hydrogen (secondary N) is 1. The molecule has 0 aliphatic carbocycles. The van der Waals surface area contributed by atoms with E-state index in [1.54, 1.807) is 44.2 Å². The molecule has 5 nitrogen and oxygen atoms in total. The lowest BCUT2D eigenvalue weighted by Gasteiger charge is -2.20. The van der Waals surface area contributed by atoms with Gasteiger partial charge >= 0.3 is 5.97 Å². The van der Waals surface area contributed by atoms with Crippen LogP contribution in [0.25, 0.3) is 0 Å². The molecular weight excluding hydrogens is 234 g/mol. The summed E-state index contributed by atoms with van der Waals surface area (Å²) >= 11 is 0. The molecule has 0 bridgehead atoms. The predicted octanol–water partition coefficient (Wildman–Crippen LogP) is 0.945. The highest BCUT2D eigenvalue weighted by Crippen LogP contribution is 2.13. The molecular formula is C13H17NO4. The number of aliphatic hydroxyl groups is 1. The Balaban J connectivity index is 2.73. The normalized spacial score (nSPS) is 14.0. The van der Waals surface area contributed by atoms with E-state index >= 15 is 0 Å². The summed E-state index contributed by atoms with van der Waals surface area (Å²) in [6.07, 6.45) is -1.35. The quantitative estimate of drug-likeness (QED) is 0.727. The highest BCUT2D eigenvalue weighted by molar-refractivity contribution is 5.87. The van der Waals surface area contributed by atoms with Crippen LogP contribution in [0.4, 0.5) is 0 Å². The molecule has 98 valence electrons. The molecule has 0 aliphatic rings. The van der Waals surface area contributed by atoms with Crippen LogP contribution in [-0.2, 0) is 9.59 Å². The molecule has 1 rings (SSSR count). The molecule has 0 aliphatic heterocycles. The number of hydrogen-bond donors (Lipinski definition) is 3. The van der Waals surface area contributed by atoms with Gasteiger partial charge in [0, 0.05) is 0 Å². The summed E-state index contributed by atoms with van der Waals surface area (Å²) in [4.78, 5) is 22.7. The van der Waals surface area contributed by atoms with Crippen molar-refractivity contribution in [1.29, 1.82) is 0 Å². The van der Waals surface area contributed by atoms with Gasteiger partial charge in [0.25, 0.3) is 5.91 Å². The molecule has 2 atom stereocenters. The third-order valence-electron chi connectivity index (χ3n) is 2.59. The van der Waals surface area contributed by atoms with Crippen molar-refractivity contribution in [3.63, 3.8) is 0 Å². The Hall–Kier alpha value is -1.88. The molecule has 0 heterocycles. The van der Waals surface area contributed by atoms with E-state index in [1.807, 2.05) is 0 Å². The average Bonchev–Trinajstić information content (AvgIpc) is 2.35.